The van der Waals surface area contributed by atoms with E-state index in [1.807, 2.05) is 0 Å². The van der Waals surface area contributed by atoms with Crippen molar-refractivity contribution in [2.75, 3.05) is 0 Å². The van der Waals surface area contributed by atoms with Gasteiger partial charge in [-0.1, -0.05) is 5.98 Å². The lowest BCUT2D eigenvalue weighted by molar-refractivity contribution is 1.63. The highest BCUT2D eigenvalue weighted by molar-refractivity contribution is 6.16. The third-order valence-electron chi connectivity index (χ3n) is 0.192. The van der Waals surface area contributed by atoms with Gasteiger partial charge in [0, 0.05) is 6.20 Å². The molecule has 0 fully saturated rings. The maximum Gasteiger partial charge on any atom is 0.114 e. The number of hydrogen-bond donors (Lipinski definition) is 1. The fraction of sp³-hybridized carbons (Fsp3) is 0. The summed E-state index contributed by atoms with van der Waals surface area (Å²) in [6.07, 6.45) is 1.25. The molecule has 0 aromatic carbocycles. The molecule has 0 unspecified atom stereocenters. The summed E-state index contributed by atoms with van der Waals surface area (Å²) in [7, 11) is 4.79. The van der Waals surface area contributed by atoms with Crippen LogP contribution in [0.15, 0.2) is 17.9 Å². The fourth-order valence-electron chi connectivity index (χ4n) is 0.0556. The molecule has 0 aliphatic carbocycles. The van der Waals surface area contributed by atoms with Gasteiger partial charge in [-0.25, -0.2) is 0 Å². The lowest BCUT2D eigenvalue weighted by Gasteiger charge is -1.51. The van der Waals surface area contributed by atoms with Crippen LogP contribution in [0.2, 0.25) is 0 Å². The largest absolute Gasteiger partial charge is 0.398 e. The van der Waals surface area contributed by atoms with Gasteiger partial charge in [-0.3, -0.25) is 0 Å². The molecule has 0 heterocycles. The molecule has 2 heteroatoms. The quantitative estimate of drug-likeness (QED) is 0.305. The maximum absolute atomic E-state index is 4.79. The third-order valence-corrected chi connectivity index (χ3v) is 0.192. The average Bonchev–Trinajstić information content (AvgIpc) is 1.41. The molecule has 0 aromatic heterocycles. The molecule has 0 aliphatic heterocycles. The molecule has 0 aliphatic rings. The minimum atomic E-state index is 1.25. The topological polar surface area (TPSA) is 26.0 Å². The van der Waals surface area contributed by atoms with Crippen LogP contribution in [0.4, 0.5) is 0 Å². The van der Waals surface area contributed by atoms with Crippen LogP contribution in [0, 0.1) is 0 Å². The molecule has 0 bridgehead atoms. The van der Waals surface area contributed by atoms with E-state index in [-0.39, 0.29) is 0 Å². The van der Waals surface area contributed by atoms with Gasteiger partial charge in [0.15, 0.2) is 0 Å². The SMILES string of the molecule is [B]C=C=CN. The van der Waals surface area contributed by atoms with E-state index in [4.69, 9.17) is 13.6 Å². The summed E-state index contributed by atoms with van der Waals surface area (Å²) in [4.78, 5) is 0. The van der Waals surface area contributed by atoms with E-state index in [1.165, 1.54) is 12.2 Å². The second-order valence-electron chi connectivity index (χ2n) is 0.500. The van der Waals surface area contributed by atoms with Gasteiger partial charge in [-0.05, 0) is 0 Å². The van der Waals surface area contributed by atoms with Crippen LogP contribution in [-0.2, 0) is 0 Å². The van der Waals surface area contributed by atoms with Crippen molar-refractivity contribution in [2.24, 2.45) is 5.73 Å². The molecule has 0 rings (SSSR count). The second-order valence-corrected chi connectivity index (χ2v) is 0.500. The van der Waals surface area contributed by atoms with E-state index in [1.54, 1.807) is 0 Å². The Hall–Kier alpha value is -0.615. The molecule has 0 aromatic rings. The lowest BCUT2D eigenvalue weighted by atomic mass is 10.2. The molecule has 0 saturated carbocycles. The van der Waals surface area contributed by atoms with E-state index < -0.39 is 0 Å². The zero-order valence-electron chi connectivity index (χ0n) is 2.81. The predicted molar refractivity (Wildman–Crippen MR) is 22.6 cm³/mol. The summed E-state index contributed by atoms with van der Waals surface area (Å²) >= 11 is 0. The van der Waals surface area contributed by atoms with Crippen molar-refractivity contribution in [1.82, 2.24) is 0 Å². The van der Waals surface area contributed by atoms with Gasteiger partial charge in [-0.2, -0.15) is 0 Å². The Balaban J connectivity index is 3.26. The zero-order chi connectivity index (χ0) is 4.12. The molecule has 2 radical (unpaired) electrons. The second kappa shape index (κ2) is 3.38. The fourth-order valence-corrected chi connectivity index (χ4v) is 0.0556. The van der Waals surface area contributed by atoms with Crippen molar-refractivity contribution in [3.05, 3.63) is 17.9 Å². The zero-order valence-corrected chi connectivity index (χ0v) is 2.81. The van der Waals surface area contributed by atoms with Crippen molar-refractivity contribution in [1.29, 1.82) is 0 Å². The van der Waals surface area contributed by atoms with E-state index in [9.17, 15) is 0 Å². The van der Waals surface area contributed by atoms with Gasteiger partial charge >= 0.3 is 0 Å². The Morgan fingerprint density at radius 1 is 1.80 bits per heavy atom. The molecular weight excluding hydrogens is 60.9 g/mol. The Morgan fingerprint density at radius 2 is 2.40 bits per heavy atom. The van der Waals surface area contributed by atoms with Crippen molar-refractivity contribution >= 4 is 7.85 Å². The summed E-state index contributed by atoms with van der Waals surface area (Å²) < 4.78 is 0. The van der Waals surface area contributed by atoms with Crippen molar-refractivity contribution < 1.29 is 0 Å². The van der Waals surface area contributed by atoms with Gasteiger partial charge in [0.2, 0.25) is 0 Å². The normalized spacial score (nSPS) is 4.80. The Morgan fingerprint density at radius 3 is 2.40 bits per heavy atom. The Labute approximate surface area is 32.6 Å². The molecule has 0 atom stereocenters. The van der Waals surface area contributed by atoms with Crippen LogP contribution in [0.5, 0.6) is 0 Å². The van der Waals surface area contributed by atoms with E-state index >= 15 is 0 Å². The van der Waals surface area contributed by atoms with Crippen LogP contribution in [0.1, 0.15) is 0 Å². The van der Waals surface area contributed by atoms with Crippen LogP contribution in [0.3, 0.4) is 0 Å². The first-order chi connectivity index (χ1) is 2.41. The monoisotopic (exact) mass is 65.0 g/mol. The first-order valence-electron chi connectivity index (χ1n) is 1.24. The molecule has 1 nitrogen and oxygen atoms in total. The number of hydrogen-bond acceptors (Lipinski definition) is 1. The Kier molecular flexibility index (Phi) is 2.97. The van der Waals surface area contributed by atoms with Crippen molar-refractivity contribution in [3.8, 4) is 0 Å². The van der Waals surface area contributed by atoms with E-state index in [2.05, 4.69) is 5.73 Å². The number of nitrogens with two attached hydrogens (primary N) is 1. The van der Waals surface area contributed by atoms with E-state index in [0.29, 0.717) is 0 Å². The van der Waals surface area contributed by atoms with Crippen LogP contribution >= 0.6 is 0 Å². The van der Waals surface area contributed by atoms with Crippen LogP contribution in [-0.4, -0.2) is 7.85 Å². The third kappa shape index (κ3) is 3.38. The van der Waals surface area contributed by atoms with Gasteiger partial charge in [0.25, 0.3) is 0 Å². The molecule has 0 spiro atoms. The van der Waals surface area contributed by atoms with Gasteiger partial charge in [0.1, 0.15) is 7.85 Å². The van der Waals surface area contributed by atoms with Gasteiger partial charge < -0.3 is 5.73 Å². The minimum absolute atomic E-state index is 1.25. The highest BCUT2D eigenvalue weighted by Crippen LogP contribution is 1.43. The van der Waals surface area contributed by atoms with Gasteiger partial charge in [-0.15, -0.1) is 5.73 Å². The van der Waals surface area contributed by atoms with Crippen molar-refractivity contribution in [3.63, 3.8) is 0 Å². The summed E-state index contributed by atoms with van der Waals surface area (Å²) in [5, 5.41) is 0. The van der Waals surface area contributed by atoms with Crippen LogP contribution in [0.25, 0.3) is 0 Å². The average molecular weight is 64.9 g/mol. The van der Waals surface area contributed by atoms with E-state index in [0.717, 1.165) is 0 Å². The van der Waals surface area contributed by atoms with Crippen LogP contribution < -0.4 is 5.73 Å². The smallest absolute Gasteiger partial charge is 0.114 e. The first-order valence-corrected chi connectivity index (χ1v) is 1.24. The first kappa shape index (κ1) is 4.38. The standard InChI is InChI=1S/C3H4BN/c4-2-1-3-5/h2-3H,5H2. The highest BCUT2D eigenvalue weighted by Gasteiger charge is 1.35. The molecule has 24 valence electrons. The summed E-state index contributed by atoms with van der Waals surface area (Å²) in [6.45, 7) is 0. The molecule has 2 N–H and O–H groups in total. The summed E-state index contributed by atoms with van der Waals surface area (Å²) in [5.74, 6) is 1.25. The molecule has 0 saturated heterocycles. The minimum Gasteiger partial charge on any atom is -0.398 e. The summed E-state index contributed by atoms with van der Waals surface area (Å²) in [5.41, 5.74) is 7.21. The molecular formula is C3H4BN. The Bertz CT molecular complexity index is 55.3. The predicted octanol–water partition coefficient (Wildman–Crippen LogP) is -0.260. The van der Waals surface area contributed by atoms with Crippen molar-refractivity contribution in [2.45, 2.75) is 0 Å². The highest BCUT2D eigenvalue weighted by atomic mass is 14.5. The maximum atomic E-state index is 4.79. The summed E-state index contributed by atoms with van der Waals surface area (Å²) in [6, 6.07) is 0. The lowest BCUT2D eigenvalue weighted by Crippen LogP contribution is -1.69. The van der Waals surface area contributed by atoms with Gasteiger partial charge in [0.05, 0.1) is 0 Å². The molecule has 0 amide bonds. The number of rotatable bonds is 0. The molecule has 5 heavy (non-hydrogen) atoms.